The van der Waals surface area contributed by atoms with E-state index in [2.05, 4.69) is 5.32 Å². The number of halogens is 3. The summed E-state index contributed by atoms with van der Waals surface area (Å²) in [4.78, 5) is 26.9. The number of rotatable bonds is 7. The van der Waals surface area contributed by atoms with Gasteiger partial charge in [-0.15, -0.1) is 0 Å². The molecule has 37 heavy (non-hydrogen) atoms. The fraction of sp³-hybridized carbons (Fsp3) is 0.680. The second-order valence-corrected chi connectivity index (χ2v) is 12.8. The van der Waals surface area contributed by atoms with Crippen LogP contribution in [0.25, 0.3) is 0 Å². The summed E-state index contributed by atoms with van der Waals surface area (Å²) in [5.74, 6) is -0.407. The minimum atomic E-state index is -4.55. The first kappa shape index (κ1) is 29.2. The average Bonchev–Trinajstić information content (AvgIpc) is 3.38. The maximum Gasteiger partial charge on any atom is 0.416 e. The van der Waals surface area contributed by atoms with E-state index in [0.717, 1.165) is 30.7 Å². The van der Waals surface area contributed by atoms with E-state index >= 15 is 0 Å². The molecular formula is C25H36F3N3O5S. The van der Waals surface area contributed by atoms with Crippen LogP contribution in [0.15, 0.2) is 29.2 Å². The average molecular weight is 548 g/mol. The number of nitrogens with one attached hydrogen (secondary N) is 1. The monoisotopic (exact) mass is 547 g/mol. The maximum absolute atomic E-state index is 13.2. The zero-order valence-corrected chi connectivity index (χ0v) is 22.7. The van der Waals surface area contributed by atoms with Crippen molar-refractivity contribution in [3.05, 3.63) is 29.8 Å². The van der Waals surface area contributed by atoms with E-state index in [1.165, 1.54) is 16.3 Å². The second-order valence-electron chi connectivity index (χ2n) is 10.9. The molecule has 4 atom stereocenters. The van der Waals surface area contributed by atoms with Crippen molar-refractivity contribution in [1.29, 1.82) is 0 Å². The Balaban J connectivity index is 1.68. The Bertz CT molecular complexity index is 1090. The molecule has 2 aliphatic rings. The molecule has 1 N–H and O–H groups in total. The lowest BCUT2D eigenvalue weighted by molar-refractivity contribution is -0.137. The molecule has 208 valence electrons. The summed E-state index contributed by atoms with van der Waals surface area (Å²) in [5, 5.41) is 3.03. The summed E-state index contributed by atoms with van der Waals surface area (Å²) in [5.41, 5.74) is -1.62. The third-order valence-corrected chi connectivity index (χ3v) is 8.83. The van der Waals surface area contributed by atoms with Crippen LogP contribution in [0.3, 0.4) is 0 Å². The van der Waals surface area contributed by atoms with Gasteiger partial charge in [0, 0.05) is 26.2 Å². The molecule has 1 aliphatic heterocycles. The first-order valence-corrected chi connectivity index (χ1v) is 13.9. The summed E-state index contributed by atoms with van der Waals surface area (Å²) >= 11 is 0. The van der Waals surface area contributed by atoms with Gasteiger partial charge in [0.1, 0.15) is 11.6 Å². The topological polar surface area (TPSA) is 96.0 Å². The van der Waals surface area contributed by atoms with Gasteiger partial charge in [0.2, 0.25) is 15.9 Å². The Morgan fingerprint density at radius 3 is 2.30 bits per heavy atom. The second kappa shape index (κ2) is 10.8. The van der Waals surface area contributed by atoms with Crippen molar-refractivity contribution < 1.29 is 35.9 Å². The van der Waals surface area contributed by atoms with Crippen LogP contribution >= 0.6 is 0 Å². The largest absolute Gasteiger partial charge is 0.444 e. The Labute approximate surface area is 216 Å². The zero-order valence-electron chi connectivity index (χ0n) is 21.8. The highest BCUT2D eigenvalue weighted by molar-refractivity contribution is 7.89. The van der Waals surface area contributed by atoms with Crippen LogP contribution < -0.4 is 5.32 Å². The molecule has 1 saturated heterocycles. The smallest absolute Gasteiger partial charge is 0.416 e. The van der Waals surface area contributed by atoms with Gasteiger partial charge in [-0.3, -0.25) is 9.69 Å². The van der Waals surface area contributed by atoms with Gasteiger partial charge in [0.25, 0.3) is 0 Å². The van der Waals surface area contributed by atoms with Crippen LogP contribution in [0.1, 0.15) is 58.9 Å². The molecule has 0 spiro atoms. The molecule has 2 amide bonds. The van der Waals surface area contributed by atoms with E-state index < -0.39 is 39.5 Å². The predicted octanol–water partition coefficient (Wildman–Crippen LogP) is 4.26. The lowest BCUT2D eigenvalue weighted by Crippen LogP contribution is -2.52. The number of fused-ring (bicyclic) bond motifs is 1. The van der Waals surface area contributed by atoms with E-state index in [9.17, 15) is 31.2 Å². The SMILES string of the molecule is CCC[C@@H](C(=O)N[C@H]1CC[C@H]2CN(S(=O)(=O)c3ccc(C(F)(F)F)cc3)C[C@H]21)N(C)C(=O)OC(C)(C)C. The van der Waals surface area contributed by atoms with Gasteiger partial charge in [-0.25, -0.2) is 13.2 Å². The molecule has 1 aromatic carbocycles. The molecule has 1 heterocycles. The van der Waals surface area contributed by atoms with Crippen LogP contribution in [0.4, 0.5) is 18.0 Å². The van der Waals surface area contributed by atoms with Crippen LogP contribution in [0.2, 0.25) is 0 Å². The molecule has 0 unspecified atom stereocenters. The number of carbonyl (C=O) groups excluding carboxylic acids is 2. The van der Waals surface area contributed by atoms with E-state index in [1.807, 2.05) is 6.92 Å². The van der Waals surface area contributed by atoms with Gasteiger partial charge in [-0.1, -0.05) is 13.3 Å². The number of benzene rings is 1. The van der Waals surface area contributed by atoms with E-state index in [-0.39, 0.29) is 41.8 Å². The Kier molecular flexibility index (Phi) is 8.53. The molecular weight excluding hydrogens is 511 g/mol. The van der Waals surface area contributed by atoms with E-state index in [0.29, 0.717) is 19.3 Å². The van der Waals surface area contributed by atoms with Crippen LogP contribution in [-0.2, 0) is 25.7 Å². The van der Waals surface area contributed by atoms with Gasteiger partial charge in [-0.2, -0.15) is 17.5 Å². The van der Waals surface area contributed by atoms with Gasteiger partial charge in [0.15, 0.2) is 0 Å². The molecule has 1 saturated carbocycles. The first-order valence-electron chi connectivity index (χ1n) is 12.5. The number of hydrogen-bond acceptors (Lipinski definition) is 5. The van der Waals surface area contributed by atoms with Crippen molar-refractivity contribution in [2.24, 2.45) is 11.8 Å². The normalized spacial score (nSPS) is 23.4. The van der Waals surface area contributed by atoms with E-state index in [1.54, 1.807) is 20.8 Å². The van der Waals surface area contributed by atoms with Crippen molar-refractivity contribution in [2.45, 2.75) is 82.1 Å². The number of nitrogens with zero attached hydrogens (tertiary/aromatic N) is 2. The minimum absolute atomic E-state index is 0.0303. The number of hydrogen-bond donors (Lipinski definition) is 1. The van der Waals surface area contributed by atoms with Crippen molar-refractivity contribution in [3.8, 4) is 0 Å². The molecule has 12 heteroatoms. The van der Waals surface area contributed by atoms with Crippen LogP contribution in [0, 0.1) is 11.8 Å². The molecule has 8 nitrogen and oxygen atoms in total. The fourth-order valence-electron chi connectivity index (χ4n) is 5.08. The Morgan fingerprint density at radius 2 is 1.76 bits per heavy atom. The Morgan fingerprint density at radius 1 is 1.14 bits per heavy atom. The summed E-state index contributed by atoms with van der Waals surface area (Å²) in [6.45, 7) is 7.57. The molecule has 0 radical (unpaired) electrons. The van der Waals surface area contributed by atoms with Crippen molar-refractivity contribution in [1.82, 2.24) is 14.5 Å². The summed E-state index contributed by atoms with van der Waals surface area (Å²) < 4.78 is 71.6. The molecule has 1 aliphatic carbocycles. The third-order valence-electron chi connectivity index (χ3n) is 6.98. The highest BCUT2D eigenvalue weighted by Crippen LogP contribution is 2.40. The molecule has 1 aromatic rings. The number of amides is 2. The highest BCUT2D eigenvalue weighted by Gasteiger charge is 2.47. The zero-order chi connectivity index (χ0) is 27.8. The molecule has 3 rings (SSSR count). The molecule has 0 aromatic heterocycles. The van der Waals surface area contributed by atoms with Gasteiger partial charge < -0.3 is 10.1 Å². The minimum Gasteiger partial charge on any atom is -0.444 e. The number of likely N-dealkylation sites (N-methyl/N-ethyl adjacent to an activating group) is 1. The first-order chi connectivity index (χ1) is 17.0. The summed E-state index contributed by atoms with van der Waals surface area (Å²) in [6.07, 6.45) is -2.64. The van der Waals surface area contributed by atoms with Crippen molar-refractivity contribution in [2.75, 3.05) is 20.1 Å². The summed E-state index contributed by atoms with van der Waals surface area (Å²) in [6, 6.07) is 2.49. The third kappa shape index (κ3) is 6.76. The van der Waals surface area contributed by atoms with Crippen molar-refractivity contribution >= 4 is 22.0 Å². The number of sulfonamides is 1. The number of carbonyl (C=O) groups is 2. The van der Waals surface area contributed by atoms with Crippen LogP contribution in [-0.4, -0.2) is 67.4 Å². The lowest BCUT2D eigenvalue weighted by Gasteiger charge is -2.31. The predicted molar refractivity (Wildman–Crippen MR) is 131 cm³/mol. The van der Waals surface area contributed by atoms with Gasteiger partial charge in [0.05, 0.1) is 10.5 Å². The molecule has 2 fully saturated rings. The summed E-state index contributed by atoms with van der Waals surface area (Å²) in [7, 11) is -2.45. The number of ether oxygens (including phenoxy) is 1. The van der Waals surface area contributed by atoms with Crippen LogP contribution in [0.5, 0.6) is 0 Å². The quantitative estimate of drug-likeness (QED) is 0.551. The number of alkyl halides is 3. The standard InChI is InChI=1S/C25H36F3N3O5S/c1-6-7-21(30(5)23(33)36-24(2,3)4)22(32)29-20-13-8-16-14-31(15-19(16)20)37(34,35)18-11-9-17(10-12-18)25(26,27)28/h9-12,16,19-21H,6-8,13-15H2,1-5H3,(H,29,32)/t16-,19+,20-,21-/m0/s1. The highest BCUT2D eigenvalue weighted by atomic mass is 32.2. The van der Waals surface area contributed by atoms with Gasteiger partial charge >= 0.3 is 12.3 Å². The molecule has 0 bridgehead atoms. The fourth-order valence-corrected chi connectivity index (χ4v) is 6.61. The maximum atomic E-state index is 13.2. The Hall–Kier alpha value is -2.34. The van der Waals surface area contributed by atoms with Crippen molar-refractivity contribution in [3.63, 3.8) is 0 Å². The van der Waals surface area contributed by atoms with Gasteiger partial charge in [-0.05, 0) is 76.1 Å². The van der Waals surface area contributed by atoms with E-state index in [4.69, 9.17) is 4.74 Å². The lowest BCUT2D eigenvalue weighted by atomic mass is 9.97.